The summed E-state index contributed by atoms with van der Waals surface area (Å²) < 4.78 is 5.78. The van der Waals surface area contributed by atoms with Crippen LogP contribution in [-0.4, -0.2) is 29.9 Å². The maximum Gasteiger partial charge on any atom is 0.289 e. The lowest BCUT2D eigenvalue weighted by Crippen LogP contribution is -2.47. The molecule has 3 rings (SSSR count). The largest absolute Gasteiger partial charge is 0.451 e. The highest BCUT2D eigenvalue weighted by Crippen LogP contribution is 2.26. The molecule has 1 unspecified atom stereocenters. The summed E-state index contributed by atoms with van der Waals surface area (Å²) in [7, 11) is 0. The van der Waals surface area contributed by atoms with Crippen LogP contribution >= 0.6 is 12.4 Å². The number of halogens is 1. The van der Waals surface area contributed by atoms with Gasteiger partial charge in [-0.3, -0.25) is 4.79 Å². The number of furan rings is 1. The van der Waals surface area contributed by atoms with Crippen molar-refractivity contribution in [2.45, 2.75) is 39.2 Å². The minimum Gasteiger partial charge on any atom is -0.451 e. The lowest BCUT2D eigenvalue weighted by molar-refractivity contribution is 0.0593. The van der Waals surface area contributed by atoms with Crippen LogP contribution in [0.3, 0.4) is 0 Å². The number of likely N-dealkylation sites (tertiary alicyclic amines) is 1. The molecule has 4 nitrogen and oxygen atoms in total. The van der Waals surface area contributed by atoms with Gasteiger partial charge in [0.15, 0.2) is 5.76 Å². The molecule has 2 heterocycles. The molecule has 0 aliphatic carbocycles. The van der Waals surface area contributed by atoms with Gasteiger partial charge in [0.1, 0.15) is 5.58 Å². The SMILES string of the molecule is Cc1cc2cc(C(=O)N3CCCCC3CN)oc2cc1C.Cl. The Kier molecular flexibility index (Phi) is 5.14. The quantitative estimate of drug-likeness (QED) is 0.921. The number of hydrogen-bond acceptors (Lipinski definition) is 3. The van der Waals surface area contributed by atoms with Crippen molar-refractivity contribution >= 4 is 29.3 Å². The molecule has 1 amide bonds. The number of piperidine rings is 1. The molecule has 5 heteroatoms. The second-order valence-corrected chi connectivity index (χ2v) is 5.97. The molecular formula is C17H23ClN2O2. The molecule has 1 aliphatic heterocycles. The molecule has 1 aromatic carbocycles. The highest BCUT2D eigenvalue weighted by atomic mass is 35.5. The Hall–Kier alpha value is -1.52. The summed E-state index contributed by atoms with van der Waals surface area (Å²) in [5.74, 6) is 0.395. The van der Waals surface area contributed by atoms with Gasteiger partial charge < -0.3 is 15.1 Å². The van der Waals surface area contributed by atoms with Crippen molar-refractivity contribution in [1.82, 2.24) is 4.90 Å². The maximum atomic E-state index is 12.7. The van der Waals surface area contributed by atoms with Crippen molar-refractivity contribution < 1.29 is 9.21 Å². The summed E-state index contributed by atoms with van der Waals surface area (Å²) in [6, 6.07) is 6.06. The fraction of sp³-hybridized carbons (Fsp3) is 0.471. The van der Waals surface area contributed by atoms with E-state index in [1.54, 1.807) is 0 Å². The molecule has 0 saturated carbocycles. The first-order valence-corrected chi connectivity index (χ1v) is 7.62. The smallest absolute Gasteiger partial charge is 0.289 e. The minimum atomic E-state index is -0.0309. The van der Waals surface area contributed by atoms with Crippen LogP contribution in [0.5, 0.6) is 0 Å². The molecule has 1 fully saturated rings. The molecule has 2 aromatic rings. The monoisotopic (exact) mass is 322 g/mol. The number of benzene rings is 1. The van der Waals surface area contributed by atoms with E-state index in [4.69, 9.17) is 10.2 Å². The first-order valence-electron chi connectivity index (χ1n) is 7.62. The first kappa shape index (κ1) is 16.8. The van der Waals surface area contributed by atoms with Crippen LogP contribution in [0, 0.1) is 13.8 Å². The zero-order valence-corrected chi connectivity index (χ0v) is 13.9. The van der Waals surface area contributed by atoms with E-state index >= 15 is 0 Å². The van der Waals surface area contributed by atoms with Gasteiger partial charge >= 0.3 is 0 Å². The number of rotatable bonds is 2. The fourth-order valence-electron chi connectivity index (χ4n) is 3.06. The van der Waals surface area contributed by atoms with Crippen molar-refractivity contribution in [2.24, 2.45) is 5.73 Å². The van der Waals surface area contributed by atoms with E-state index in [9.17, 15) is 4.79 Å². The third-order valence-corrected chi connectivity index (χ3v) is 4.50. The number of nitrogens with zero attached hydrogens (tertiary/aromatic N) is 1. The second-order valence-electron chi connectivity index (χ2n) is 5.97. The Morgan fingerprint density at radius 1 is 1.27 bits per heavy atom. The Balaban J connectivity index is 0.00000176. The van der Waals surface area contributed by atoms with Crippen LogP contribution < -0.4 is 5.73 Å². The Morgan fingerprint density at radius 2 is 2.00 bits per heavy atom. The number of fused-ring (bicyclic) bond motifs is 1. The zero-order chi connectivity index (χ0) is 15.0. The van der Waals surface area contributed by atoms with Gasteiger partial charge in [-0.2, -0.15) is 0 Å². The standard InChI is InChI=1S/C17H22N2O2.ClH/c1-11-7-13-9-16(21-15(13)8-12(11)2)17(20)19-6-4-3-5-14(19)10-18;/h7-9,14H,3-6,10,18H2,1-2H3;1H. The van der Waals surface area contributed by atoms with Gasteiger partial charge in [-0.15, -0.1) is 12.4 Å². The zero-order valence-electron chi connectivity index (χ0n) is 13.1. The number of hydrogen-bond donors (Lipinski definition) is 1. The third kappa shape index (κ3) is 2.99. The molecule has 1 atom stereocenters. The molecule has 120 valence electrons. The summed E-state index contributed by atoms with van der Waals surface area (Å²) in [5.41, 5.74) is 8.96. The molecule has 0 radical (unpaired) electrons. The summed E-state index contributed by atoms with van der Waals surface area (Å²) in [5, 5.41) is 0.989. The van der Waals surface area contributed by atoms with Gasteiger partial charge in [-0.1, -0.05) is 0 Å². The molecule has 0 bridgehead atoms. The Morgan fingerprint density at radius 3 is 2.73 bits per heavy atom. The number of carbonyl (C=O) groups is 1. The molecule has 1 saturated heterocycles. The summed E-state index contributed by atoms with van der Waals surface area (Å²) in [6.45, 7) is 5.41. The summed E-state index contributed by atoms with van der Waals surface area (Å²) in [4.78, 5) is 14.6. The van der Waals surface area contributed by atoms with E-state index in [1.165, 1.54) is 11.1 Å². The van der Waals surface area contributed by atoms with Gasteiger partial charge in [-0.05, 0) is 62.4 Å². The summed E-state index contributed by atoms with van der Waals surface area (Å²) in [6.07, 6.45) is 3.17. The number of carbonyl (C=O) groups excluding carboxylic acids is 1. The van der Waals surface area contributed by atoms with Crippen molar-refractivity contribution in [3.8, 4) is 0 Å². The predicted molar refractivity (Wildman–Crippen MR) is 90.7 cm³/mol. The van der Waals surface area contributed by atoms with Crippen molar-refractivity contribution in [3.63, 3.8) is 0 Å². The van der Waals surface area contributed by atoms with Crippen LogP contribution in [0.4, 0.5) is 0 Å². The maximum absolute atomic E-state index is 12.7. The normalized spacial score (nSPS) is 18.3. The number of amides is 1. The molecule has 2 N–H and O–H groups in total. The van der Waals surface area contributed by atoms with E-state index in [-0.39, 0.29) is 24.4 Å². The van der Waals surface area contributed by atoms with E-state index < -0.39 is 0 Å². The lowest BCUT2D eigenvalue weighted by atomic mass is 10.0. The van der Waals surface area contributed by atoms with E-state index in [1.807, 2.05) is 24.0 Å². The van der Waals surface area contributed by atoms with E-state index in [2.05, 4.69) is 13.0 Å². The first-order chi connectivity index (χ1) is 10.1. The number of nitrogens with two attached hydrogens (primary N) is 1. The average molecular weight is 323 g/mol. The molecule has 1 aliphatic rings. The van der Waals surface area contributed by atoms with Gasteiger partial charge in [0.2, 0.25) is 0 Å². The highest BCUT2D eigenvalue weighted by molar-refractivity contribution is 5.96. The van der Waals surface area contributed by atoms with Crippen molar-refractivity contribution in [2.75, 3.05) is 13.1 Å². The second kappa shape index (κ2) is 6.71. The van der Waals surface area contributed by atoms with Gasteiger partial charge in [0, 0.05) is 24.5 Å². The molecular weight excluding hydrogens is 300 g/mol. The van der Waals surface area contributed by atoms with Gasteiger partial charge in [-0.25, -0.2) is 0 Å². The lowest BCUT2D eigenvalue weighted by Gasteiger charge is -2.34. The van der Waals surface area contributed by atoms with Crippen LogP contribution in [0.15, 0.2) is 22.6 Å². The van der Waals surface area contributed by atoms with E-state index in [0.717, 1.165) is 36.8 Å². The van der Waals surface area contributed by atoms with Crippen molar-refractivity contribution in [1.29, 1.82) is 0 Å². The third-order valence-electron chi connectivity index (χ3n) is 4.50. The predicted octanol–water partition coefficient (Wildman–Crippen LogP) is 3.42. The summed E-state index contributed by atoms with van der Waals surface area (Å²) >= 11 is 0. The topological polar surface area (TPSA) is 59.5 Å². The molecule has 0 spiro atoms. The molecule has 22 heavy (non-hydrogen) atoms. The van der Waals surface area contributed by atoms with Crippen molar-refractivity contribution in [3.05, 3.63) is 35.1 Å². The highest BCUT2D eigenvalue weighted by Gasteiger charge is 2.28. The van der Waals surface area contributed by atoms with Crippen LogP contribution in [0.1, 0.15) is 40.9 Å². The minimum absolute atomic E-state index is 0. The van der Waals surface area contributed by atoms with Crippen LogP contribution in [0.25, 0.3) is 11.0 Å². The fourth-order valence-corrected chi connectivity index (χ4v) is 3.06. The van der Waals surface area contributed by atoms with E-state index in [0.29, 0.717) is 12.3 Å². The van der Waals surface area contributed by atoms with Gasteiger partial charge in [0.05, 0.1) is 0 Å². The molecule has 1 aromatic heterocycles. The average Bonchev–Trinajstić information content (AvgIpc) is 2.89. The van der Waals surface area contributed by atoms with Gasteiger partial charge in [0.25, 0.3) is 5.91 Å². The Labute approximate surface area is 137 Å². The van der Waals surface area contributed by atoms with Crippen LogP contribution in [0.2, 0.25) is 0 Å². The Bertz CT molecular complexity index is 642. The number of aryl methyl sites for hydroxylation is 2. The van der Waals surface area contributed by atoms with Crippen LogP contribution in [-0.2, 0) is 0 Å².